The molecule has 0 aromatic carbocycles. The predicted octanol–water partition coefficient (Wildman–Crippen LogP) is 1.70. The molecule has 202 valence electrons. The van der Waals surface area contributed by atoms with Crippen molar-refractivity contribution in [2.24, 2.45) is 17.8 Å². The highest BCUT2D eigenvalue weighted by Gasteiger charge is 2.44. The van der Waals surface area contributed by atoms with Crippen LogP contribution in [0.5, 0.6) is 0 Å². The second kappa shape index (κ2) is 12.0. The smallest absolute Gasteiger partial charge is 0.0649 e. The van der Waals surface area contributed by atoms with Crippen LogP contribution in [0.2, 0.25) is 0 Å². The van der Waals surface area contributed by atoms with Gasteiger partial charge in [0.2, 0.25) is 0 Å². The zero-order valence-electron chi connectivity index (χ0n) is 21.2. The maximum Gasteiger partial charge on any atom is 0.0649 e. The van der Waals surface area contributed by atoms with E-state index in [0.29, 0.717) is 43.8 Å². The first-order valence-electron chi connectivity index (χ1n) is 14.6. The van der Waals surface area contributed by atoms with Gasteiger partial charge in [-0.25, -0.2) is 0 Å². The molecule has 0 aromatic heterocycles. The lowest BCUT2D eigenvalue weighted by molar-refractivity contribution is -0.0688. The Labute approximate surface area is 210 Å². The minimum absolute atomic E-state index is 0.0304. The Morgan fingerprint density at radius 2 is 0.971 bits per heavy atom. The van der Waals surface area contributed by atoms with Gasteiger partial charge in [0.05, 0.1) is 55.1 Å². The van der Waals surface area contributed by atoms with Crippen LogP contribution >= 0.6 is 0 Å². The maximum absolute atomic E-state index is 10.8. The van der Waals surface area contributed by atoms with Crippen LogP contribution < -0.4 is 16.0 Å². The van der Waals surface area contributed by atoms with Crippen LogP contribution in [0.3, 0.4) is 0 Å². The molecular formula is C27H49N3O5. The average Bonchev–Trinajstić information content (AvgIpc) is 2.85. The summed E-state index contributed by atoms with van der Waals surface area (Å²) in [5.74, 6) is 0.538. The van der Waals surface area contributed by atoms with Crippen molar-refractivity contribution < 1.29 is 25.2 Å². The highest BCUT2D eigenvalue weighted by molar-refractivity contribution is 4.98. The molecule has 5 rings (SSSR count). The van der Waals surface area contributed by atoms with E-state index >= 15 is 0 Å². The summed E-state index contributed by atoms with van der Waals surface area (Å²) in [5.41, 5.74) is 0. The third-order valence-corrected chi connectivity index (χ3v) is 9.74. The van der Waals surface area contributed by atoms with E-state index in [0.717, 1.165) is 38.5 Å². The summed E-state index contributed by atoms with van der Waals surface area (Å²) in [4.78, 5) is 0. The molecule has 5 aliphatic rings. The van der Waals surface area contributed by atoms with Crippen molar-refractivity contribution in [3.05, 3.63) is 0 Å². The van der Waals surface area contributed by atoms with E-state index in [4.69, 9.17) is 4.74 Å². The molecule has 8 atom stereocenters. The third kappa shape index (κ3) is 6.58. The number of nitrogens with one attached hydrogen (secondary N) is 3. The minimum atomic E-state index is -0.541. The molecule has 8 unspecified atom stereocenters. The van der Waals surface area contributed by atoms with Gasteiger partial charge < -0.3 is 25.2 Å². The van der Waals surface area contributed by atoms with Crippen molar-refractivity contribution in [3.63, 3.8) is 0 Å². The zero-order chi connectivity index (χ0) is 24.4. The lowest BCUT2D eigenvalue weighted by atomic mass is 9.78. The molecule has 0 bridgehead atoms. The van der Waals surface area contributed by atoms with E-state index in [1.807, 2.05) is 0 Å². The molecule has 1 saturated heterocycles. The second-order valence-corrected chi connectivity index (χ2v) is 12.3. The molecule has 7 N–H and O–H groups in total. The summed E-state index contributed by atoms with van der Waals surface area (Å²) in [6.07, 6.45) is 13.6. The van der Waals surface area contributed by atoms with Gasteiger partial charge in [0, 0.05) is 11.8 Å². The van der Waals surface area contributed by atoms with Crippen LogP contribution in [0.4, 0.5) is 0 Å². The van der Waals surface area contributed by atoms with Crippen molar-refractivity contribution in [1.82, 2.24) is 16.0 Å². The lowest BCUT2D eigenvalue weighted by Gasteiger charge is -2.50. The first kappa shape index (κ1) is 26.3. The highest BCUT2D eigenvalue weighted by Crippen LogP contribution is 2.35. The molecule has 0 aromatic rings. The summed E-state index contributed by atoms with van der Waals surface area (Å²) >= 11 is 0. The van der Waals surface area contributed by atoms with Crippen LogP contribution in [0.1, 0.15) is 96.3 Å². The van der Waals surface area contributed by atoms with Gasteiger partial charge in [-0.2, -0.15) is 0 Å². The van der Waals surface area contributed by atoms with Crippen LogP contribution in [0.25, 0.3) is 0 Å². The van der Waals surface area contributed by atoms with Gasteiger partial charge in [0.15, 0.2) is 0 Å². The zero-order valence-corrected chi connectivity index (χ0v) is 21.2. The van der Waals surface area contributed by atoms with Crippen LogP contribution in [-0.2, 0) is 4.74 Å². The maximum atomic E-state index is 10.8. The molecule has 8 nitrogen and oxygen atoms in total. The predicted molar refractivity (Wildman–Crippen MR) is 133 cm³/mol. The van der Waals surface area contributed by atoms with Crippen molar-refractivity contribution in [3.8, 4) is 0 Å². The van der Waals surface area contributed by atoms with E-state index in [9.17, 15) is 20.4 Å². The van der Waals surface area contributed by atoms with Gasteiger partial charge in [-0.1, -0.05) is 19.3 Å². The van der Waals surface area contributed by atoms with Gasteiger partial charge in [0.1, 0.15) is 0 Å². The normalized spacial score (nSPS) is 48.5. The number of rotatable bonds is 5. The fourth-order valence-electron chi connectivity index (χ4n) is 7.60. The van der Waals surface area contributed by atoms with Crippen molar-refractivity contribution >= 4 is 0 Å². The summed E-state index contributed by atoms with van der Waals surface area (Å²) in [5, 5.41) is 52.9. The van der Waals surface area contributed by atoms with E-state index in [-0.39, 0.29) is 30.3 Å². The van der Waals surface area contributed by atoms with Gasteiger partial charge in [-0.05, 0) is 83.0 Å². The minimum Gasteiger partial charge on any atom is -0.393 e. The Morgan fingerprint density at radius 3 is 1.49 bits per heavy atom. The van der Waals surface area contributed by atoms with Crippen LogP contribution in [0.15, 0.2) is 0 Å². The van der Waals surface area contributed by atoms with Crippen molar-refractivity contribution in [2.75, 3.05) is 0 Å². The fourth-order valence-corrected chi connectivity index (χ4v) is 7.60. The number of aliphatic hydroxyl groups is 4. The van der Waals surface area contributed by atoms with Gasteiger partial charge in [0.25, 0.3) is 0 Å². The lowest BCUT2D eigenvalue weighted by Crippen LogP contribution is -2.74. The molecule has 0 radical (unpaired) electrons. The standard InChI is InChI=1S/C27H49N3O5/c31-17-8-12-21(23(33)14-17)26-28-25(29-27(30-26)22-13-9-18(32)15-24(22)34)16-6-10-20(11-7-16)35-19-4-2-1-3-5-19/h16-34H,1-15H2. The van der Waals surface area contributed by atoms with E-state index in [1.165, 1.54) is 32.1 Å². The van der Waals surface area contributed by atoms with Crippen molar-refractivity contribution in [1.29, 1.82) is 0 Å². The number of hydrogen-bond donors (Lipinski definition) is 7. The largest absolute Gasteiger partial charge is 0.393 e. The monoisotopic (exact) mass is 495 g/mol. The summed E-state index contributed by atoms with van der Waals surface area (Å²) in [6.45, 7) is 0. The summed E-state index contributed by atoms with van der Waals surface area (Å²) < 4.78 is 6.48. The molecule has 1 aliphatic heterocycles. The summed E-state index contributed by atoms with van der Waals surface area (Å²) in [6, 6.07) is 0. The Balaban J connectivity index is 1.22. The number of ether oxygens (including phenoxy) is 1. The SMILES string of the molecule is OC1CCC(C2NC(C3CCC(OC4CCCCC4)CC3)NC(C3CCC(O)CC3O)N2)C(O)C1. The molecule has 5 fully saturated rings. The first-order chi connectivity index (χ1) is 17.0. The number of aliphatic hydroxyl groups excluding tert-OH is 4. The first-order valence-corrected chi connectivity index (χ1v) is 14.6. The average molecular weight is 496 g/mol. The Kier molecular flexibility index (Phi) is 9.04. The Hall–Kier alpha value is -0.320. The summed E-state index contributed by atoms with van der Waals surface area (Å²) in [7, 11) is 0. The third-order valence-electron chi connectivity index (χ3n) is 9.74. The van der Waals surface area contributed by atoms with Crippen LogP contribution in [-0.4, -0.2) is 75.5 Å². The van der Waals surface area contributed by atoms with E-state index < -0.39 is 24.4 Å². The van der Waals surface area contributed by atoms with Gasteiger partial charge in [-0.15, -0.1) is 0 Å². The van der Waals surface area contributed by atoms with Gasteiger partial charge >= 0.3 is 0 Å². The van der Waals surface area contributed by atoms with Crippen LogP contribution in [0, 0.1) is 17.8 Å². The molecular weight excluding hydrogens is 446 g/mol. The molecule has 1 heterocycles. The van der Waals surface area contributed by atoms with Gasteiger partial charge in [-0.3, -0.25) is 16.0 Å². The molecule has 0 spiro atoms. The molecule has 4 saturated carbocycles. The van der Waals surface area contributed by atoms with E-state index in [2.05, 4.69) is 16.0 Å². The number of hydrogen-bond acceptors (Lipinski definition) is 8. The topological polar surface area (TPSA) is 126 Å². The quantitative estimate of drug-likeness (QED) is 0.307. The van der Waals surface area contributed by atoms with Crippen molar-refractivity contribution in [2.45, 2.75) is 151 Å². The molecule has 35 heavy (non-hydrogen) atoms. The molecule has 0 amide bonds. The Bertz CT molecular complexity index is 623. The van der Waals surface area contributed by atoms with E-state index in [1.54, 1.807) is 0 Å². The Morgan fingerprint density at radius 1 is 0.486 bits per heavy atom. The molecule has 8 heteroatoms. The fraction of sp³-hybridized carbons (Fsp3) is 1.00. The highest BCUT2D eigenvalue weighted by atomic mass is 16.5. The molecule has 4 aliphatic carbocycles. The second-order valence-electron chi connectivity index (χ2n) is 12.3.